The van der Waals surface area contributed by atoms with Crippen LogP contribution in [-0.2, 0) is 15.0 Å². The van der Waals surface area contributed by atoms with Crippen LogP contribution in [0.5, 0.6) is 0 Å². The van der Waals surface area contributed by atoms with Crippen LogP contribution in [0.4, 0.5) is 4.39 Å². The molecule has 1 saturated carbocycles. The lowest BCUT2D eigenvalue weighted by molar-refractivity contribution is -0.145. The third-order valence-electron chi connectivity index (χ3n) is 6.23. The minimum Gasteiger partial charge on any atom is -0.477 e. The molecule has 0 aliphatic heterocycles. The highest BCUT2D eigenvalue weighted by Gasteiger charge is 2.70. The van der Waals surface area contributed by atoms with Gasteiger partial charge in [0.15, 0.2) is 5.60 Å². The minimum absolute atomic E-state index is 0.0547. The number of rotatable bonds is 7. The third-order valence-corrected chi connectivity index (χ3v) is 7.56. The predicted octanol–water partition coefficient (Wildman–Crippen LogP) is 4.83. The molecule has 3 N–H and O–H groups in total. The summed E-state index contributed by atoms with van der Waals surface area (Å²) in [4.78, 5) is 27.1. The highest BCUT2D eigenvalue weighted by Crippen LogP contribution is 2.55. The lowest BCUT2D eigenvalue weighted by Crippen LogP contribution is -2.53. The highest BCUT2D eigenvalue weighted by molar-refractivity contribution is 7.42. The van der Waals surface area contributed by atoms with Gasteiger partial charge in [-0.25, -0.2) is 9.18 Å². The maximum absolute atomic E-state index is 13.7. The van der Waals surface area contributed by atoms with E-state index in [0.29, 0.717) is 22.5 Å². The molecule has 1 fully saturated rings. The summed E-state index contributed by atoms with van der Waals surface area (Å²) in [5, 5.41) is 18.9. The number of pyridine rings is 1. The van der Waals surface area contributed by atoms with Crippen LogP contribution in [0.15, 0.2) is 60.7 Å². The van der Waals surface area contributed by atoms with Gasteiger partial charge >= 0.3 is 19.2 Å². The number of hydrogen-bond acceptors (Lipinski definition) is 4. The molecule has 1 aliphatic rings. The Morgan fingerprint density at radius 3 is 2.26 bits per heavy atom. The first-order valence-corrected chi connectivity index (χ1v) is 11.8. The Morgan fingerprint density at radius 1 is 1.15 bits per heavy atom. The van der Waals surface area contributed by atoms with Crippen LogP contribution in [0, 0.1) is 18.2 Å². The normalized spacial score (nSPS) is 17.2. The van der Waals surface area contributed by atoms with Crippen molar-refractivity contribution in [1.82, 2.24) is 4.98 Å². The van der Waals surface area contributed by atoms with Gasteiger partial charge in [0.05, 0.1) is 11.4 Å². The summed E-state index contributed by atoms with van der Waals surface area (Å²) in [6.45, 7) is 1.13. The Bertz CT molecular complexity index is 1300. The minimum atomic E-state index is -3.57. The van der Waals surface area contributed by atoms with Crippen LogP contribution in [0.3, 0.4) is 0 Å². The zero-order valence-electron chi connectivity index (χ0n) is 18.3. The number of aliphatic carboxylic acids is 1. The number of halogens is 1. The Balaban J connectivity index is 2.11. The molecular weight excluding hydrogens is 456 g/mol. The molecule has 34 heavy (non-hydrogen) atoms. The van der Waals surface area contributed by atoms with E-state index in [9.17, 15) is 28.9 Å². The Morgan fingerprint density at radius 2 is 1.76 bits per heavy atom. The molecule has 8 heteroatoms. The fraction of sp³-hybridized carbons (Fsp3) is 0.231. The summed E-state index contributed by atoms with van der Waals surface area (Å²) in [5.41, 5.74) is 0.160. The van der Waals surface area contributed by atoms with Gasteiger partial charge in [0.2, 0.25) is 0 Å². The first-order chi connectivity index (χ1) is 16.1. The third kappa shape index (κ3) is 3.80. The van der Waals surface area contributed by atoms with Crippen LogP contribution in [0.25, 0.3) is 22.4 Å². The van der Waals surface area contributed by atoms with Gasteiger partial charge in [-0.1, -0.05) is 42.5 Å². The molecule has 172 valence electrons. The lowest BCUT2D eigenvalue weighted by Gasteiger charge is -2.33. The van der Waals surface area contributed by atoms with E-state index in [1.165, 1.54) is 24.3 Å². The lowest BCUT2D eigenvalue weighted by atomic mass is 9.76. The van der Waals surface area contributed by atoms with Crippen LogP contribution < -0.4 is 0 Å². The first-order valence-electron chi connectivity index (χ1n) is 10.6. The van der Waals surface area contributed by atoms with Crippen molar-refractivity contribution in [3.63, 3.8) is 0 Å². The zero-order valence-corrected chi connectivity index (χ0v) is 19.2. The number of benzene rings is 2. The standard InChI is InChI=1S/C26H21FNO5P/c1-3-26(24(29)30,34(32)33)25(2,31)22-20(16-11-13-19(27)14-12-16)15-21(17-7-5-4-6-8-17)28-23(22)18-9-10-18/h1,4-8,11-15,18,31H,9-10H2,2H3,(H-,29,30,32,33)/p+1. The summed E-state index contributed by atoms with van der Waals surface area (Å²) in [6.07, 6.45) is 7.00. The van der Waals surface area contributed by atoms with E-state index in [1.807, 2.05) is 36.3 Å². The fourth-order valence-electron chi connectivity index (χ4n) is 4.26. The molecule has 2 aromatic carbocycles. The van der Waals surface area contributed by atoms with Crippen LogP contribution >= 0.6 is 8.03 Å². The molecule has 0 spiro atoms. The molecule has 6 nitrogen and oxygen atoms in total. The highest BCUT2D eigenvalue weighted by atomic mass is 31.1. The summed E-state index contributed by atoms with van der Waals surface area (Å²) in [6, 6.07) is 16.4. The molecule has 1 aliphatic carbocycles. The second-order valence-electron chi connectivity index (χ2n) is 8.47. The van der Waals surface area contributed by atoms with Crippen molar-refractivity contribution < 1.29 is 28.9 Å². The average molecular weight is 478 g/mol. The van der Waals surface area contributed by atoms with Crippen molar-refractivity contribution in [3.8, 4) is 34.7 Å². The van der Waals surface area contributed by atoms with Gasteiger partial charge in [-0.3, -0.25) is 4.98 Å². The first kappa shape index (κ1) is 23.7. The van der Waals surface area contributed by atoms with Crippen molar-refractivity contribution in [3.05, 3.63) is 77.7 Å². The topological polar surface area (TPSA) is 108 Å². The van der Waals surface area contributed by atoms with E-state index in [2.05, 4.69) is 0 Å². The van der Waals surface area contributed by atoms with Gasteiger partial charge in [-0.05, 0) is 59.6 Å². The van der Waals surface area contributed by atoms with E-state index in [1.54, 1.807) is 6.07 Å². The SMILES string of the molecule is C#CC(C(=O)O)([P+](=O)O)C(C)(O)c1c(-c2ccc(F)cc2)cc(-c2ccccc2)nc1C1CC1. The summed E-state index contributed by atoms with van der Waals surface area (Å²) in [5.74, 6) is -0.466. The molecule has 1 aromatic heterocycles. The van der Waals surface area contributed by atoms with Crippen LogP contribution in [0.2, 0.25) is 0 Å². The van der Waals surface area contributed by atoms with Gasteiger partial charge in [0.25, 0.3) is 0 Å². The number of nitrogens with zero attached hydrogens (tertiary/aromatic N) is 1. The maximum atomic E-state index is 13.7. The smallest absolute Gasteiger partial charge is 0.477 e. The summed E-state index contributed by atoms with van der Waals surface area (Å²) >= 11 is 0. The van der Waals surface area contributed by atoms with E-state index < -0.39 is 30.6 Å². The van der Waals surface area contributed by atoms with Gasteiger partial charge in [0, 0.05) is 17.0 Å². The van der Waals surface area contributed by atoms with Gasteiger partial charge in [-0.15, -0.1) is 6.42 Å². The molecule has 0 amide bonds. The van der Waals surface area contributed by atoms with E-state index in [4.69, 9.17) is 11.4 Å². The Kier molecular flexibility index (Phi) is 6.09. The fourth-order valence-corrected chi connectivity index (χ4v) is 5.02. The predicted molar refractivity (Wildman–Crippen MR) is 126 cm³/mol. The quantitative estimate of drug-likeness (QED) is 0.332. The number of aliphatic hydroxyl groups is 1. The molecule has 0 saturated heterocycles. The molecule has 3 aromatic rings. The number of aromatic nitrogens is 1. The zero-order chi connectivity index (χ0) is 24.7. The molecule has 0 radical (unpaired) electrons. The number of terminal acetylenes is 1. The van der Waals surface area contributed by atoms with Crippen molar-refractivity contribution in [1.29, 1.82) is 0 Å². The maximum Gasteiger partial charge on any atom is 0.541 e. The van der Waals surface area contributed by atoms with E-state index in [-0.39, 0.29) is 11.5 Å². The number of carbonyl (C=O) groups is 1. The number of carboxylic acid groups (broad SMARTS) is 1. The van der Waals surface area contributed by atoms with Crippen molar-refractivity contribution in [2.24, 2.45) is 0 Å². The van der Waals surface area contributed by atoms with Crippen molar-refractivity contribution in [2.75, 3.05) is 0 Å². The Labute approximate surface area is 197 Å². The van der Waals surface area contributed by atoms with Gasteiger partial charge in [0.1, 0.15) is 5.82 Å². The largest absolute Gasteiger partial charge is 0.541 e. The molecule has 3 unspecified atom stereocenters. The van der Waals surface area contributed by atoms with Gasteiger partial charge < -0.3 is 10.2 Å². The van der Waals surface area contributed by atoms with Crippen molar-refractivity contribution >= 4 is 14.0 Å². The number of hydrogen-bond donors (Lipinski definition) is 3. The monoisotopic (exact) mass is 478 g/mol. The average Bonchev–Trinajstić information content (AvgIpc) is 3.65. The summed E-state index contributed by atoms with van der Waals surface area (Å²) in [7, 11) is -3.57. The van der Waals surface area contributed by atoms with Crippen molar-refractivity contribution in [2.45, 2.75) is 36.4 Å². The molecule has 3 atom stereocenters. The summed E-state index contributed by atoms with van der Waals surface area (Å²) < 4.78 is 26.1. The van der Waals surface area contributed by atoms with Gasteiger partial charge in [-0.2, -0.15) is 4.89 Å². The molecule has 4 rings (SSSR count). The van der Waals surface area contributed by atoms with Crippen LogP contribution in [0.1, 0.15) is 36.9 Å². The second kappa shape index (κ2) is 8.73. The Hall–Kier alpha value is -3.43. The molecule has 0 bridgehead atoms. The molecular formula is C26H22FNO5P+. The van der Waals surface area contributed by atoms with E-state index in [0.717, 1.165) is 25.3 Å². The second-order valence-corrected chi connectivity index (χ2v) is 9.68. The number of carboxylic acids is 1. The molecule has 1 heterocycles. The van der Waals surface area contributed by atoms with E-state index >= 15 is 0 Å². The van der Waals surface area contributed by atoms with Crippen LogP contribution in [-0.4, -0.2) is 31.2 Å².